The van der Waals surface area contributed by atoms with Crippen LogP contribution in [0.2, 0.25) is 0 Å². The maximum atomic E-state index is 12.1. The number of nitrogens with one attached hydrogen (secondary N) is 2. The number of aryl methyl sites for hydroxylation is 1. The highest BCUT2D eigenvalue weighted by Crippen LogP contribution is 2.34. The molecule has 0 saturated carbocycles. The fourth-order valence-corrected chi connectivity index (χ4v) is 3.83. The van der Waals surface area contributed by atoms with Gasteiger partial charge in [-0.3, -0.25) is 9.59 Å². The van der Waals surface area contributed by atoms with Crippen molar-refractivity contribution in [3.63, 3.8) is 0 Å². The number of hydrogen-bond acceptors (Lipinski definition) is 4. The van der Waals surface area contributed by atoms with Gasteiger partial charge in [0.05, 0.1) is 0 Å². The first-order chi connectivity index (χ1) is 15.0. The molecule has 0 aromatic heterocycles. The molecule has 0 spiro atoms. The molecule has 2 aromatic rings. The van der Waals surface area contributed by atoms with Crippen LogP contribution >= 0.6 is 0 Å². The molecule has 2 N–H and O–H groups in total. The zero-order valence-electron chi connectivity index (χ0n) is 19.3. The summed E-state index contributed by atoms with van der Waals surface area (Å²) < 4.78 is 5.12. The van der Waals surface area contributed by atoms with Gasteiger partial charge >= 0.3 is 6.09 Å². The summed E-state index contributed by atoms with van der Waals surface area (Å²) in [5, 5.41) is 5.20. The third-order valence-corrected chi connectivity index (χ3v) is 5.24. The van der Waals surface area contributed by atoms with Crippen molar-refractivity contribution in [2.75, 3.05) is 16.8 Å². The van der Waals surface area contributed by atoms with Gasteiger partial charge in [-0.2, -0.15) is 0 Å². The van der Waals surface area contributed by atoms with Crippen molar-refractivity contribution >= 4 is 29.3 Å². The van der Waals surface area contributed by atoms with Crippen LogP contribution in [0.15, 0.2) is 42.5 Å². The van der Waals surface area contributed by atoms with Gasteiger partial charge in [-0.05, 0) is 81.5 Å². The third kappa shape index (κ3) is 5.87. The molecule has 1 heterocycles. The Labute approximate surface area is 189 Å². The van der Waals surface area contributed by atoms with E-state index in [9.17, 15) is 14.4 Å². The van der Waals surface area contributed by atoms with Crippen molar-refractivity contribution in [1.29, 1.82) is 0 Å². The molecule has 3 amide bonds. The molecular formula is C25H31N3O4. The highest BCUT2D eigenvalue weighted by molar-refractivity contribution is 5.95. The zero-order chi connectivity index (χ0) is 23.5. The lowest BCUT2D eigenvalue weighted by Gasteiger charge is -2.34. The lowest BCUT2D eigenvalue weighted by atomic mass is 9.93. The Morgan fingerprint density at radius 2 is 1.72 bits per heavy atom. The second-order valence-corrected chi connectivity index (χ2v) is 9.10. The third-order valence-electron chi connectivity index (χ3n) is 5.24. The number of fused-ring (bicyclic) bond motifs is 1. The fourth-order valence-electron chi connectivity index (χ4n) is 3.83. The van der Waals surface area contributed by atoms with Gasteiger partial charge in [0.25, 0.3) is 0 Å². The summed E-state index contributed by atoms with van der Waals surface area (Å²) in [5.41, 5.74) is 4.26. The fraction of sp³-hybridized carbons (Fsp3) is 0.400. The molecule has 0 fully saturated rings. The summed E-state index contributed by atoms with van der Waals surface area (Å²) in [7, 11) is 0. The van der Waals surface area contributed by atoms with Crippen LogP contribution in [0.25, 0.3) is 11.1 Å². The van der Waals surface area contributed by atoms with E-state index in [0.29, 0.717) is 5.69 Å². The largest absolute Gasteiger partial charge is 0.444 e. The van der Waals surface area contributed by atoms with E-state index in [2.05, 4.69) is 23.6 Å². The molecule has 32 heavy (non-hydrogen) atoms. The summed E-state index contributed by atoms with van der Waals surface area (Å²) in [6.45, 7) is 8.79. The molecule has 0 aliphatic carbocycles. The molecule has 7 nitrogen and oxygen atoms in total. The van der Waals surface area contributed by atoms with Gasteiger partial charge < -0.3 is 20.3 Å². The Kier molecular flexibility index (Phi) is 6.87. The first-order valence-electron chi connectivity index (χ1n) is 10.8. The monoisotopic (exact) mass is 437 g/mol. The van der Waals surface area contributed by atoms with Crippen LogP contribution in [0.5, 0.6) is 0 Å². The summed E-state index contributed by atoms with van der Waals surface area (Å²) in [6, 6.07) is 13.9. The summed E-state index contributed by atoms with van der Waals surface area (Å²) in [5.74, 6) is -0.275. The van der Waals surface area contributed by atoms with Crippen molar-refractivity contribution in [2.24, 2.45) is 0 Å². The van der Waals surface area contributed by atoms with Gasteiger partial charge in [-0.1, -0.05) is 18.2 Å². The smallest absolute Gasteiger partial charge is 0.408 e. The number of nitrogens with zero attached hydrogens (tertiary/aromatic N) is 1. The highest BCUT2D eigenvalue weighted by Gasteiger charge is 2.26. The molecule has 0 radical (unpaired) electrons. The van der Waals surface area contributed by atoms with Gasteiger partial charge in [-0.25, -0.2) is 4.79 Å². The maximum absolute atomic E-state index is 12.1. The minimum atomic E-state index is -0.631. The van der Waals surface area contributed by atoms with Gasteiger partial charge in [0.2, 0.25) is 11.8 Å². The van der Waals surface area contributed by atoms with Crippen molar-refractivity contribution in [3.05, 3.63) is 48.0 Å². The topological polar surface area (TPSA) is 87.7 Å². The summed E-state index contributed by atoms with van der Waals surface area (Å²) in [4.78, 5) is 37.7. The van der Waals surface area contributed by atoms with Crippen LogP contribution < -0.4 is 15.5 Å². The lowest BCUT2D eigenvalue weighted by Crippen LogP contribution is -2.40. The molecule has 0 unspecified atom stereocenters. The van der Waals surface area contributed by atoms with E-state index >= 15 is 0 Å². The number of carbonyl (C=O) groups excluding carboxylic acids is 3. The van der Waals surface area contributed by atoms with E-state index in [1.165, 1.54) is 5.56 Å². The zero-order valence-corrected chi connectivity index (χ0v) is 19.3. The minimum absolute atomic E-state index is 0.0625. The van der Waals surface area contributed by atoms with Crippen molar-refractivity contribution in [1.82, 2.24) is 5.32 Å². The highest BCUT2D eigenvalue weighted by atomic mass is 16.6. The van der Waals surface area contributed by atoms with Crippen LogP contribution in [-0.4, -0.2) is 36.1 Å². The molecule has 3 rings (SSSR count). The Balaban J connectivity index is 1.63. The number of alkyl carbamates (subject to hydrolysis) is 1. The van der Waals surface area contributed by atoms with Gasteiger partial charge in [-0.15, -0.1) is 0 Å². The molecule has 170 valence electrons. The Hall–Kier alpha value is -3.35. The first kappa shape index (κ1) is 23.3. The molecule has 0 bridgehead atoms. The summed E-state index contributed by atoms with van der Waals surface area (Å²) >= 11 is 0. The van der Waals surface area contributed by atoms with Crippen LogP contribution in [0.1, 0.15) is 46.6 Å². The average molecular weight is 438 g/mol. The molecular weight excluding hydrogens is 406 g/mol. The molecule has 2 aromatic carbocycles. The standard InChI is InChI=1S/C25H31N3O4/c1-16-6-7-20-14-19(10-13-22(20)28(16)17(2)29)18-8-11-21(12-9-18)27-23(30)15-26-24(31)32-25(3,4)5/h8-14,16H,6-7,15H2,1-5H3,(H,26,31)(H,27,30)/t16-/m0/s1. The van der Waals surface area contributed by atoms with Gasteiger partial charge in [0.15, 0.2) is 0 Å². The first-order valence-corrected chi connectivity index (χ1v) is 10.8. The lowest BCUT2D eigenvalue weighted by molar-refractivity contribution is -0.117. The summed E-state index contributed by atoms with van der Waals surface area (Å²) in [6.07, 6.45) is 1.25. The number of ether oxygens (including phenoxy) is 1. The Bertz CT molecular complexity index is 1010. The maximum Gasteiger partial charge on any atom is 0.408 e. The predicted molar refractivity (Wildman–Crippen MR) is 126 cm³/mol. The second kappa shape index (κ2) is 9.42. The van der Waals surface area contributed by atoms with E-state index in [1.807, 2.05) is 41.3 Å². The van der Waals surface area contributed by atoms with Gasteiger partial charge in [0, 0.05) is 24.3 Å². The number of rotatable bonds is 4. The molecule has 0 saturated heterocycles. The minimum Gasteiger partial charge on any atom is -0.444 e. The second-order valence-electron chi connectivity index (χ2n) is 9.10. The SMILES string of the molecule is CC(=O)N1c2ccc(-c3ccc(NC(=O)CNC(=O)OC(C)(C)C)cc3)cc2CC[C@@H]1C. The van der Waals surface area contributed by atoms with Crippen molar-refractivity contribution in [3.8, 4) is 11.1 Å². The molecule has 7 heteroatoms. The normalized spacial score (nSPS) is 15.5. The number of benzene rings is 2. The number of hydrogen-bond donors (Lipinski definition) is 2. The van der Waals surface area contributed by atoms with E-state index in [0.717, 1.165) is 29.7 Å². The Morgan fingerprint density at radius 1 is 1.06 bits per heavy atom. The molecule has 1 atom stereocenters. The number of carbonyl (C=O) groups is 3. The number of anilines is 2. The van der Waals surface area contributed by atoms with E-state index in [-0.39, 0.29) is 24.4 Å². The van der Waals surface area contributed by atoms with Gasteiger partial charge in [0.1, 0.15) is 12.1 Å². The van der Waals surface area contributed by atoms with Crippen LogP contribution in [0, 0.1) is 0 Å². The number of amides is 3. The van der Waals surface area contributed by atoms with E-state index in [4.69, 9.17) is 4.74 Å². The molecule has 1 aliphatic heterocycles. The van der Waals surface area contributed by atoms with Crippen LogP contribution in [0.3, 0.4) is 0 Å². The van der Waals surface area contributed by atoms with Crippen molar-refractivity contribution < 1.29 is 19.1 Å². The van der Waals surface area contributed by atoms with E-state index in [1.54, 1.807) is 27.7 Å². The van der Waals surface area contributed by atoms with Crippen LogP contribution in [0.4, 0.5) is 16.2 Å². The average Bonchev–Trinajstić information content (AvgIpc) is 2.71. The Morgan fingerprint density at radius 3 is 2.34 bits per heavy atom. The predicted octanol–water partition coefficient (Wildman–Crippen LogP) is 4.50. The quantitative estimate of drug-likeness (QED) is 0.737. The molecule has 1 aliphatic rings. The van der Waals surface area contributed by atoms with E-state index < -0.39 is 11.7 Å². The van der Waals surface area contributed by atoms with Crippen LogP contribution in [-0.2, 0) is 20.7 Å². The van der Waals surface area contributed by atoms with Crippen molar-refractivity contribution in [2.45, 2.75) is 59.1 Å².